The summed E-state index contributed by atoms with van der Waals surface area (Å²) < 4.78 is 5.66. The van der Waals surface area contributed by atoms with Crippen LogP contribution in [0.5, 0.6) is 0 Å². The lowest BCUT2D eigenvalue weighted by molar-refractivity contribution is -0.121. The molecule has 0 spiro atoms. The highest BCUT2D eigenvalue weighted by Crippen LogP contribution is 2.28. The van der Waals surface area contributed by atoms with E-state index in [-0.39, 0.29) is 36.8 Å². The summed E-state index contributed by atoms with van der Waals surface area (Å²) in [7, 11) is 1.86. The molecule has 0 aliphatic heterocycles. The Morgan fingerprint density at radius 3 is 2.71 bits per heavy atom. The highest BCUT2D eigenvalue weighted by atomic mass is 35.5. The molecule has 1 aromatic carbocycles. The number of hydrogen-bond acceptors (Lipinski definition) is 4. The molecule has 0 saturated carbocycles. The summed E-state index contributed by atoms with van der Waals surface area (Å²) in [4.78, 5) is 15.9. The molecule has 0 saturated heterocycles. The summed E-state index contributed by atoms with van der Waals surface area (Å²) in [6.45, 7) is 2.61. The Kier molecular flexibility index (Phi) is 10.7. The molecule has 5 nitrogen and oxygen atoms in total. The van der Waals surface area contributed by atoms with Crippen molar-refractivity contribution in [3.05, 3.63) is 41.4 Å². The van der Waals surface area contributed by atoms with E-state index in [4.69, 9.17) is 16.0 Å². The molecule has 2 aromatic rings. The third-order valence-corrected chi connectivity index (χ3v) is 3.69. The Bertz CT molecular complexity index is 635. The number of carbonyl (C=O) groups is 1. The fourth-order valence-electron chi connectivity index (χ4n) is 1.89. The Labute approximate surface area is 159 Å². The highest BCUT2D eigenvalue weighted by molar-refractivity contribution is 6.33. The van der Waals surface area contributed by atoms with Gasteiger partial charge in [-0.3, -0.25) is 4.79 Å². The maximum atomic E-state index is 11.7. The van der Waals surface area contributed by atoms with Gasteiger partial charge < -0.3 is 15.1 Å². The number of carbonyl (C=O) groups excluding carboxylic acids is 1. The predicted octanol–water partition coefficient (Wildman–Crippen LogP) is 3.50. The number of hydrogen-bond donors (Lipinski definition) is 2. The van der Waals surface area contributed by atoms with Gasteiger partial charge in [0, 0.05) is 31.0 Å². The van der Waals surface area contributed by atoms with E-state index < -0.39 is 0 Å². The van der Waals surface area contributed by atoms with Crippen LogP contribution in [-0.4, -0.2) is 30.5 Å². The second-order valence-corrected chi connectivity index (χ2v) is 5.50. The van der Waals surface area contributed by atoms with E-state index in [1.54, 1.807) is 12.3 Å². The molecule has 134 valence electrons. The summed E-state index contributed by atoms with van der Waals surface area (Å²) in [6, 6.07) is 7.67. The maximum Gasteiger partial charge on any atom is 0.220 e. The van der Waals surface area contributed by atoms with Gasteiger partial charge in [0.25, 0.3) is 0 Å². The van der Waals surface area contributed by atoms with E-state index >= 15 is 0 Å². The summed E-state index contributed by atoms with van der Waals surface area (Å²) in [6.07, 6.45) is 2.45. The summed E-state index contributed by atoms with van der Waals surface area (Å²) in [5.41, 5.74) is 0.801. The minimum Gasteiger partial charge on any atom is -0.441 e. The molecule has 1 atom stereocenters. The van der Waals surface area contributed by atoms with Gasteiger partial charge in [-0.15, -0.1) is 24.8 Å². The average molecular weight is 395 g/mol. The first-order valence-electron chi connectivity index (χ1n) is 7.23. The predicted molar refractivity (Wildman–Crippen MR) is 101 cm³/mol. The minimum atomic E-state index is -0.0143. The average Bonchev–Trinajstić information content (AvgIpc) is 2.99. The number of amides is 1. The molecule has 0 aliphatic rings. The number of halogens is 3. The molecule has 0 aliphatic carbocycles. The van der Waals surface area contributed by atoms with Crippen LogP contribution in [0.1, 0.15) is 19.2 Å². The number of aryl methyl sites for hydroxylation is 1. The van der Waals surface area contributed by atoms with E-state index in [9.17, 15) is 4.79 Å². The smallest absolute Gasteiger partial charge is 0.220 e. The standard InChI is InChI=1S/C16H20ClN3O2.2ClH/c1-11(18-2)9-19-15(21)7-8-16-20-10-14(22-16)12-5-3-4-6-13(12)17;;/h3-6,10-11,18H,7-9H2,1-2H3,(H,19,21);2*1H. The van der Waals surface area contributed by atoms with Crippen LogP contribution in [0.25, 0.3) is 11.3 Å². The van der Waals surface area contributed by atoms with Crippen molar-refractivity contribution in [1.82, 2.24) is 15.6 Å². The first kappa shape index (κ1) is 22.7. The van der Waals surface area contributed by atoms with Gasteiger partial charge in [-0.1, -0.05) is 23.7 Å². The molecule has 1 aromatic heterocycles. The Balaban J connectivity index is 0.00000264. The van der Waals surface area contributed by atoms with Crippen molar-refractivity contribution in [3.63, 3.8) is 0 Å². The monoisotopic (exact) mass is 393 g/mol. The van der Waals surface area contributed by atoms with E-state index in [2.05, 4.69) is 15.6 Å². The van der Waals surface area contributed by atoms with Gasteiger partial charge in [0.15, 0.2) is 11.7 Å². The van der Waals surface area contributed by atoms with E-state index in [1.807, 2.05) is 32.2 Å². The van der Waals surface area contributed by atoms with Gasteiger partial charge in [-0.2, -0.15) is 0 Å². The quantitative estimate of drug-likeness (QED) is 0.754. The zero-order chi connectivity index (χ0) is 15.9. The van der Waals surface area contributed by atoms with Crippen molar-refractivity contribution in [2.24, 2.45) is 0 Å². The minimum absolute atomic E-state index is 0. The van der Waals surface area contributed by atoms with Crippen LogP contribution in [0, 0.1) is 0 Å². The van der Waals surface area contributed by atoms with Crippen molar-refractivity contribution < 1.29 is 9.21 Å². The number of oxazole rings is 1. The van der Waals surface area contributed by atoms with Crippen LogP contribution >= 0.6 is 36.4 Å². The second kappa shape index (κ2) is 11.3. The number of likely N-dealkylation sites (N-methyl/N-ethyl adjacent to an activating group) is 1. The lowest BCUT2D eigenvalue weighted by atomic mass is 10.2. The van der Waals surface area contributed by atoms with E-state index in [0.29, 0.717) is 36.1 Å². The zero-order valence-electron chi connectivity index (χ0n) is 13.5. The Hall–Kier alpha value is -1.27. The number of benzene rings is 1. The fraction of sp³-hybridized carbons (Fsp3) is 0.375. The lowest BCUT2D eigenvalue weighted by Crippen LogP contribution is -2.37. The summed E-state index contributed by atoms with van der Waals surface area (Å²) >= 11 is 6.12. The molecule has 0 radical (unpaired) electrons. The van der Waals surface area contributed by atoms with Gasteiger partial charge in [-0.25, -0.2) is 4.98 Å². The second-order valence-electron chi connectivity index (χ2n) is 5.09. The highest BCUT2D eigenvalue weighted by Gasteiger charge is 2.11. The molecule has 24 heavy (non-hydrogen) atoms. The van der Waals surface area contributed by atoms with Crippen LogP contribution in [0.2, 0.25) is 5.02 Å². The van der Waals surface area contributed by atoms with Crippen LogP contribution in [0.4, 0.5) is 0 Å². The van der Waals surface area contributed by atoms with Gasteiger partial charge in [-0.05, 0) is 26.1 Å². The SMILES string of the molecule is CNC(C)CNC(=O)CCc1ncc(-c2ccccc2Cl)o1.Cl.Cl. The van der Waals surface area contributed by atoms with E-state index in [1.165, 1.54) is 0 Å². The normalized spacial score (nSPS) is 11.1. The van der Waals surface area contributed by atoms with Gasteiger partial charge in [0.2, 0.25) is 5.91 Å². The first-order valence-corrected chi connectivity index (χ1v) is 7.61. The van der Waals surface area contributed by atoms with Crippen LogP contribution in [-0.2, 0) is 11.2 Å². The van der Waals surface area contributed by atoms with Crippen molar-refractivity contribution >= 4 is 42.3 Å². The number of rotatable bonds is 7. The molecule has 0 fully saturated rings. The van der Waals surface area contributed by atoms with Crippen molar-refractivity contribution in [1.29, 1.82) is 0 Å². The number of nitrogens with zero attached hydrogens (tertiary/aromatic N) is 1. The molecule has 8 heteroatoms. The van der Waals surface area contributed by atoms with Crippen molar-refractivity contribution in [2.75, 3.05) is 13.6 Å². The Morgan fingerprint density at radius 1 is 1.33 bits per heavy atom. The molecule has 1 heterocycles. The van der Waals surface area contributed by atoms with Crippen molar-refractivity contribution in [2.45, 2.75) is 25.8 Å². The molecule has 1 amide bonds. The largest absolute Gasteiger partial charge is 0.441 e. The van der Waals surface area contributed by atoms with Gasteiger partial charge in [0.1, 0.15) is 0 Å². The molecule has 0 bridgehead atoms. The third kappa shape index (κ3) is 6.69. The molecular weight excluding hydrogens is 373 g/mol. The van der Waals surface area contributed by atoms with E-state index in [0.717, 1.165) is 5.56 Å². The maximum absolute atomic E-state index is 11.7. The summed E-state index contributed by atoms with van der Waals surface area (Å²) in [5, 5.41) is 6.54. The van der Waals surface area contributed by atoms with Crippen LogP contribution in [0.3, 0.4) is 0 Å². The van der Waals surface area contributed by atoms with Crippen molar-refractivity contribution in [3.8, 4) is 11.3 Å². The van der Waals surface area contributed by atoms with Gasteiger partial charge >= 0.3 is 0 Å². The molecule has 2 rings (SSSR count). The Morgan fingerprint density at radius 2 is 2.04 bits per heavy atom. The molecule has 2 N–H and O–H groups in total. The van der Waals surface area contributed by atoms with Crippen LogP contribution < -0.4 is 10.6 Å². The topological polar surface area (TPSA) is 67.2 Å². The number of aromatic nitrogens is 1. The fourth-order valence-corrected chi connectivity index (χ4v) is 2.12. The summed E-state index contributed by atoms with van der Waals surface area (Å²) in [5.74, 6) is 1.14. The first-order chi connectivity index (χ1) is 10.6. The van der Waals surface area contributed by atoms with Crippen LogP contribution in [0.15, 0.2) is 34.9 Å². The number of nitrogens with one attached hydrogen (secondary N) is 2. The lowest BCUT2D eigenvalue weighted by Gasteiger charge is -2.10. The van der Waals surface area contributed by atoms with Gasteiger partial charge in [0.05, 0.1) is 11.2 Å². The molecular formula is C16H22Cl3N3O2. The third-order valence-electron chi connectivity index (χ3n) is 3.36. The molecule has 1 unspecified atom stereocenters. The zero-order valence-corrected chi connectivity index (χ0v) is 15.9.